The number of benzene rings is 2. The number of hydrogen-bond acceptors (Lipinski definition) is 3. The van der Waals surface area contributed by atoms with E-state index in [2.05, 4.69) is 0 Å². The number of ketones is 1. The molecule has 1 atom stereocenters. The number of carbonyl (C=O) groups is 1. The fourth-order valence-corrected chi connectivity index (χ4v) is 2.89. The highest BCUT2D eigenvalue weighted by Gasteiger charge is 2.25. The molecule has 0 bridgehead atoms. The quantitative estimate of drug-likeness (QED) is 0.606. The summed E-state index contributed by atoms with van der Waals surface area (Å²) in [7, 11) is 0. The standard InChI is InChI=1S/C16H11ClFNOS/c1-21-15-5-3-2-4-12(15)16(20)13(9-19)11-7-6-10(18)8-14(11)17/h2-8,13H,1H3. The molecule has 21 heavy (non-hydrogen) atoms. The summed E-state index contributed by atoms with van der Waals surface area (Å²) in [5.41, 5.74) is 0.790. The average molecular weight is 320 g/mol. The second kappa shape index (κ2) is 6.75. The van der Waals surface area contributed by atoms with E-state index >= 15 is 0 Å². The highest BCUT2D eigenvalue weighted by Crippen LogP contribution is 2.30. The third kappa shape index (κ3) is 3.26. The number of rotatable bonds is 4. The summed E-state index contributed by atoms with van der Waals surface area (Å²) in [6.07, 6.45) is 1.86. The summed E-state index contributed by atoms with van der Waals surface area (Å²) in [5.74, 6) is -1.89. The van der Waals surface area contributed by atoms with Crippen molar-refractivity contribution in [1.29, 1.82) is 5.26 Å². The minimum Gasteiger partial charge on any atom is -0.292 e. The Balaban J connectivity index is 2.47. The molecule has 0 saturated carbocycles. The highest BCUT2D eigenvalue weighted by atomic mass is 35.5. The zero-order valence-electron chi connectivity index (χ0n) is 11.1. The molecule has 0 aromatic heterocycles. The van der Waals surface area contributed by atoms with Gasteiger partial charge in [0.1, 0.15) is 11.7 Å². The van der Waals surface area contributed by atoms with Crippen LogP contribution in [-0.2, 0) is 0 Å². The molecule has 0 aliphatic heterocycles. The van der Waals surface area contributed by atoms with Crippen molar-refractivity contribution >= 4 is 29.1 Å². The Morgan fingerprint density at radius 1 is 1.33 bits per heavy atom. The van der Waals surface area contributed by atoms with E-state index in [0.717, 1.165) is 11.0 Å². The van der Waals surface area contributed by atoms with Gasteiger partial charge in [0, 0.05) is 15.5 Å². The first-order valence-corrected chi connectivity index (χ1v) is 7.70. The predicted octanol–water partition coefficient (Wildman–Crippen LogP) is 4.69. The van der Waals surface area contributed by atoms with Crippen LogP contribution in [0.3, 0.4) is 0 Å². The lowest BCUT2D eigenvalue weighted by Gasteiger charge is -2.12. The second-order valence-electron chi connectivity index (χ2n) is 4.29. The van der Waals surface area contributed by atoms with Crippen LogP contribution in [0, 0.1) is 17.1 Å². The van der Waals surface area contributed by atoms with Crippen LogP contribution in [0.15, 0.2) is 47.4 Å². The van der Waals surface area contributed by atoms with Crippen LogP contribution in [0.5, 0.6) is 0 Å². The lowest BCUT2D eigenvalue weighted by atomic mass is 9.92. The SMILES string of the molecule is CSc1ccccc1C(=O)C(C#N)c1ccc(F)cc1Cl. The second-order valence-corrected chi connectivity index (χ2v) is 5.55. The van der Waals surface area contributed by atoms with Crippen LogP contribution in [0.4, 0.5) is 4.39 Å². The normalized spacial score (nSPS) is 11.7. The van der Waals surface area contributed by atoms with E-state index in [1.54, 1.807) is 12.1 Å². The maximum Gasteiger partial charge on any atom is 0.185 e. The molecule has 2 aromatic rings. The van der Waals surface area contributed by atoms with Gasteiger partial charge in [0.15, 0.2) is 5.78 Å². The summed E-state index contributed by atoms with van der Waals surface area (Å²) in [4.78, 5) is 13.4. The molecule has 1 unspecified atom stereocenters. The van der Waals surface area contributed by atoms with Crippen LogP contribution in [0.2, 0.25) is 5.02 Å². The lowest BCUT2D eigenvalue weighted by Crippen LogP contribution is -2.13. The molecule has 106 valence electrons. The van der Waals surface area contributed by atoms with E-state index in [0.29, 0.717) is 11.1 Å². The van der Waals surface area contributed by atoms with Gasteiger partial charge in [-0.2, -0.15) is 5.26 Å². The number of nitrogens with zero attached hydrogens (tertiary/aromatic N) is 1. The molecule has 2 aromatic carbocycles. The molecular formula is C16H11ClFNOS. The maximum atomic E-state index is 13.1. The molecule has 0 amide bonds. The maximum absolute atomic E-state index is 13.1. The van der Waals surface area contributed by atoms with Gasteiger partial charge < -0.3 is 0 Å². The number of Topliss-reactive ketones (excluding diaryl/α,β-unsaturated/α-hetero) is 1. The van der Waals surface area contributed by atoms with Gasteiger partial charge >= 0.3 is 0 Å². The first-order valence-electron chi connectivity index (χ1n) is 6.10. The summed E-state index contributed by atoms with van der Waals surface area (Å²) >= 11 is 7.39. The monoisotopic (exact) mass is 319 g/mol. The van der Waals surface area contributed by atoms with Crippen molar-refractivity contribution in [3.8, 4) is 6.07 Å². The van der Waals surface area contributed by atoms with E-state index in [1.165, 1.54) is 23.9 Å². The molecule has 0 aliphatic carbocycles. The van der Waals surface area contributed by atoms with Gasteiger partial charge in [-0.05, 0) is 30.0 Å². The Hall–Kier alpha value is -1.83. The molecule has 0 saturated heterocycles. The molecule has 2 nitrogen and oxygen atoms in total. The number of hydrogen-bond donors (Lipinski definition) is 0. The van der Waals surface area contributed by atoms with Gasteiger partial charge in [0.2, 0.25) is 0 Å². The van der Waals surface area contributed by atoms with Crippen LogP contribution >= 0.6 is 23.4 Å². The highest BCUT2D eigenvalue weighted by molar-refractivity contribution is 7.98. The Morgan fingerprint density at radius 3 is 2.67 bits per heavy atom. The number of nitriles is 1. The summed E-state index contributed by atoms with van der Waals surface area (Å²) in [6.45, 7) is 0. The van der Waals surface area contributed by atoms with Gasteiger partial charge in [-0.3, -0.25) is 4.79 Å². The summed E-state index contributed by atoms with van der Waals surface area (Å²) in [6, 6.07) is 12.7. The molecular weight excluding hydrogens is 309 g/mol. The van der Waals surface area contributed by atoms with Gasteiger partial charge in [-0.1, -0.05) is 35.9 Å². The van der Waals surface area contributed by atoms with E-state index in [4.69, 9.17) is 11.6 Å². The van der Waals surface area contributed by atoms with E-state index in [9.17, 15) is 14.4 Å². The van der Waals surface area contributed by atoms with Crippen LogP contribution in [0.25, 0.3) is 0 Å². The van der Waals surface area contributed by atoms with Crippen LogP contribution in [-0.4, -0.2) is 12.0 Å². The zero-order chi connectivity index (χ0) is 15.4. The third-order valence-electron chi connectivity index (χ3n) is 3.04. The predicted molar refractivity (Wildman–Crippen MR) is 82.3 cm³/mol. The number of carbonyl (C=O) groups excluding carboxylic acids is 1. The fraction of sp³-hybridized carbons (Fsp3) is 0.125. The first-order chi connectivity index (χ1) is 10.1. The van der Waals surface area contributed by atoms with Crippen molar-refractivity contribution in [2.75, 3.05) is 6.26 Å². The van der Waals surface area contributed by atoms with Crippen LogP contribution < -0.4 is 0 Å². The van der Waals surface area contributed by atoms with Crippen molar-refractivity contribution in [2.45, 2.75) is 10.8 Å². The Bertz CT molecular complexity index is 726. The van der Waals surface area contributed by atoms with Crippen LogP contribution in [0.1, 0.15) is 21.8 Å². The molecule has 0 heterocycles. The molecule has 2 rings (SSSR count). The molecule has 5 heteroatoms. The fourth-order valence-electron chi connectivity index (χ4n) is 2.01. The summed E-state index contributed by atoms with van der Waals surface area (Å²) in [5, 5.41) is 9.42. The first kappa shape index (κ1) is 15.6. The van der Waals surface area contributed by atoms with E-state index in [-0.39, 0.29) is 10.8 Å². The van der Waals surface area contributed by atoms with E-state index < -0.39 is 11.7 Å². The van der Waals surface area contributed by atoms with Crippen molar-refractivity contribution in [3.05, 3.63) is 64.4 Å². The Morgan fingerprint density at radius 2 is 2.05 bits per heavy atom. The lowest BCUT2D eigenvalue weighted by molar-refractivity contribution is 0.0976. The van der Waals surface area contributed by atoms with Crippen molar-refractivity contribution in [1.82, 2.24) is 0 Å². The third-order valence-corrected chi connectivity index (χ3v) is 4.16. The minimum atomic E-state index is -1.05. The Kier molecular flexibility index (Phi) is 5.00. The minimum absolute atomic E-state index is 0.0801. The van der Waals surface area contributed by atoms with Gasteiger partial charge in [-0.25, -0.2) is 4.39 Å². The smallest absolute Gasteiger partial charge is 0.185 e. The average Bonchev–Trinajstić information content (AvgIpc) is 2.49. The largest absolute Gasteiger partial charge is 0.292 e. The van der Waals surface area contributed by atoms with Gasteiger partial charge in [-0.15, -0.1) is 11.8 Å². The zero-order valence-corrected chi connectivity index (χ0v) is 12.7. The van der Waals surface area contributed by atoms with Crippen molar-refractivity contribution in [2.24, 2.45) is 0 Å². The molecule has 0 spiro atoms. The summed E-state index contributed by atoms with van der Waals surface area (Å²) < 4.78 is 13.1. The Labute approximate surface area is 131 Å². The topological polar surface area (TPSA) is 40.9 Å². The van der Waals surface area contributed by atoms with Crippen molar-refractivity contribution in [3.63, 3.8) is 0 Å². The van der Waals surface area contributed by atoms with Gasteiger partial charge in [0.25, 0.3) is 0 Å². The van der Waals surface area contributed by atoms with E-state index in [1.807, 2.05) is 24.5 Å². The van der Waals surface area contributed by atoms with Gasteiger partial charge in [0.05, 0.1) is 6.07 Å². The molecule has 0 radical (unpaired) electrons. The molecule has 0 aliphatic rings. The number of thioether (sulfide) groups is 1. The molecule has 0 N–H and O–H groups in total. The molecule has 0 fully saturated rings. The number of halogens is 2. The van der Waals surface area contributed by atoms with Crippen molar-refractivity contribution < 1.29 is 9.18 Å².